The Bertz CT molecular complexity index is 542. The highest BCUT2D eigenvalue weighted by Crippen LogP contribution is 2.28. The van der Waals surface area contributed by atoms with Gasteiger partial charge < -0.3 is 19.6 Å². The third-order valence-electron chi connectivity index (χ3n) is 2.58. The monoisotopic (exact) mass is 314 g/mol. The summed E-state index contributed by atoms with van der Waals surface area (Å²) in [6.07, 6.45) is -0.126. The zero-order chi connectivity index (χ0) is 16.3. The molecule has 1 N–H and O–H groups in total. The molecule has 1 rings (SSSR count). The topological polar surface area (TPSA) is 77.5 Å². The second-order valence-corrected chi connectivity index (χ2v) is 6.03. The summed E-state index contributed by atoms with van der Waals surface area (Å²) in [5.41, 5.74) is -1.63. The Balaban J connectivity index is 3.10. The molecular formula is C14H19ClN2O4. The first-order valence-electron chi connectivity index (χ1n) is 6.30. The van der Waals surface area contributed by atoms with Crippen LogP contribution in [0.1, 0.15) is 33.3 Å². The van der Waals surface area contributed by atoms with Gasteiger partial charge in [-0.1, -0.05) is 11.6 Å². The van der Waals surface area contributed by atoms with Gasteiger partial charge in [0.25, 0.3) is 0 Å². The number of carbonyl (C=O) groups excluding carboxylic acids is 2. The van der Waals surface area contributed by atoms with Crippen LogP contribution in [0.5, 0.6) is 5.88 Å². The van der Waals surface area contributed by atoms with Crippen molar-refractivity contribution in [1.29, 1.82) is 0 Å². The van der Waals surface area contributed by atoms with Crippen LogP contribution in [-0.2, 0) is 15.1 Å². The molecule has 0 saturated heterocycles. The van der Waals surface area contributed by atoms with Gasteiger partial charge in [-0.2, -0.15) is 0 Å². The van der Waals surface area contributed by atoms with E-state index in [0.29, 0.717) is 11.8 Å². The molecule has 1 heterocycles. The van der Waals surface area contributed by atoms with Gasteiger partial charge in [0.05, 0.1) is 7.11 Å². The summed E-state index contributed by atoms with van der Waals surface area (Å²) >= 11 is 5.79. The minimum absolute atomic E-state index is 0.160. The lowest BCUT2D eigenvalue weighted by Crippen LogP contribution is -2.47. The molecule has 0 aliphatic rings. The second-order valence-electron chi connectivity index (χ2n) is 5.64. The van der Waals surface area contributed by atoms with E-state index in [4.69, 9.17) is 21.1 Å². The molecule has 1 atom stereocenters. The highest BCUT2D eigenvalue weighted by Gasteiger charge is 2.34. The first kappa shape index (κ1) is 17.2. The van der Waals surface area contributed by atoms with E-state index < -0.39 is 17.2 Å². The summed E-state index contributed by atoms with van der Waals surface area (Å²) < 4.78 is 10.3. The van der Waals surface area contributed by atoms with Crippen LogP contribution in [0.4, 0.5) is 4.79 Å². The Labute approximate surface area is 128 Å². The number of halogens is 1. The Kier molecular flexibility index (Phi) is 5.17. The fourth-order valence-electron chi connectivity index (χ4n) is 1.64. The minimum Gasteiger partial charge on any atom is -0.481 e. The highest BCUT2D eigenvalue weighted by molar-refractivity contribution is 6.29. The molecule has 7 heteroatoms. The van der Waals surface area contributed by atoms with Crippen LogP contribution in [0, 0.1) is 0 Å². The van der Waals surface area contributed by atoms with Crippen LogP contribution in [-0.4, -0.2) is 30.1 Å². The predicted molar refractivity (Wildman–Crippen MR) is 78.6 cm³/mol. The lowest BCUT2D eigenvalue weighted by atomic mass is 9.95. The number of aldehydes is 1. The highest BCUT2D eigenvalue weighted by atomic mass is 35.5. The van der Waals surface area contributed by atoms with Gasteiger partial charge in [0.2, 0.25) is 5.88 Å². The van der Waals surface area contributed by atoms with E-state index in [1.807, 2.05) is 0 Å². The molecule has 0 aromatic carbocycles. The van der Waals surface area contributed by atoms with E-state index in [9.17, 15) is 9.59 Å². The Hall–Kier alpha value is -1.82. The molecular weight excluding hydrogens is 296 g/mol. The molecule has 1 aromatic rings. The van der Waals surface area contributed by atoms with Gasteiger partial charge in [-0.15, -0.1) is 0 Å². The number of hydrogen-bond donors (Lipinski definition) is 1. The lowest BCUT2D eigenvalue weighted by molar-refractivity contribution is -0.113. The van der Waals surface area contributed by atoms with Gasteiger partial charge in [-0.05, 0) is 39.8 Å². The Morgan fingerprint density at radius 2 is 1.95 bits per heavy atom. The molecule has 0 saturated carbocycles. The number of carbonyl (C=O) groups is 2. The molecule has 21 heavy (non-hydrogen) atoms. The van der Waals surface area contributed by atoms with Crippen molar-refractivity contribution in [3.8, 4) is 5.88 Å². The van der Waals surface area contributed by atoms with E-state index >= 15 is 0 Å². The molecule has 0 spiro atoms. The van der Waals surface area contributed by atoms with Crippen LogP contribution < -0.4 is 10.1 Å². The van der Waals surface area contributed by atoms with Crippen molar-refractivity contribution in [3.05, 3.63) is 22.8 Å². The fraction of sp³-hybridized carbons (Fsp3) is 0.500. The maximum Gasteiger partial charge on any atom is 0.408 e. The van der Waals surface area contributed by atoms with E-state index in [1.54, 1.807) is 26.8 Å². The van der Waals surface area contributed by atoms with Crippen molar-refractivity contribution in [2.75, 3.05) is 7.11 Å². The first-order chi connectivity index (χ1) is 9.61. The van der Waals surface area contributed by atoms with Crippen LogP contribution in [0.25, 0.3) is 0 Å². The second kappa shape index (κ2) is 6.30. The Morgan fingerprint density at radius 1 is 1.33 bits per heavy atom. The first-order valence-corrected chi connectivity index (χ1v) is 6.67. The normalized spacial score (nSPS) is 14.0. The molecule has 0 bridgehead atoms. The molecule has 6 nitrogen and oxygen atoms in total. The maximum atomic E-state index is 11.9. The number of pyridine rings is 1. The van der Waals surface area contributed by atoms with Crippen molar-refractivity contribution >= 4 is 24.0 Å². The summed E-state index contributed by atoms with van der Waals surface area (Å²) in [5, 5.41) is 2.74. The molecule has 0 aliphatic heterocycles. The summed E-state index contributed by atoms with van der Waals surface area (Å²) in [4.78, 5) is 27.4. The van der Waals surface area contributed by atoms with Gasteiger partial charge in [0, 0.05) is 5.56 Å². The van der Waals surface area contributed by atoms with Gasteiger partial charge >= 0.3 is 6.09 Å². The third-order valence-corrected chi connectivity index (χ3v) is 2.79. The minimum atomic E-state index is -1.34. The van der Waals surface area contributed by atoms with Crippen LogP contribution in [0.15, 0.2) is 12.1 Å². The Morgan fingerprint density at radius 3 is 2.43 bits per heavy atom. The smallest absolute Gasteiger partial charge is 0.408 e. The largest absolute Gasteiger partial charge is 0.481 e. The SMILES string of the molecule is COc1nc(Cl)ccc1C(C)(C=O)NC(=O)OC(C)(C)C. The van der Waals surface area contributed by atoms with E-state index in [-0.39, 0.29) is 11.0 Å². The van der Waals surface area contributed by atoms with Crippen molar-refractivity contribution in [3.63, 3.8) is 0 Å². The number of nitrogens with one attached hydrogen (secondary N) is 1. The van der Waals surface area contributed by atoms with E-state index in [1.165, 1.54) is 20.1 Å². The summed E-state index contributed by atoms with van der Waals surface area (Å²) in [6, 6.07) is 3.08. The van der Waals surface area contributed by atoms with Gasteiger partial charge in [0.15, 0.2) is 0 Å². The lowest BCUT2D eigenvalue weighted by Gasteiger charge is -2.28. The molecule has 1 amide bonds. The maximum absolute atomic E-state index is 11.9. The molecule has 116 valence electrons. The molecule has 0 fully saturated rings. The zero-order valence-corrected chi connectivity index (χ0v) is 13.4. The zero-order valence-electron chi connectivity index (χ0n) is 12.7. The summed E-state index contributed by atoms with van der Waals surface area (Å²) in [7, 11) is 1.40. The summed E-state index contributed by atoms with van der Waals surface area (Å²) in [6.45, 7) is 6.72. The van der Waals surface area contributed by atoms with Crippen LogP contribution >= 0.6 is 11.6 Å². The molecule has 1 aromatic heterocycles. The number of nitrogens with zero attached hydrogens (tertiary/aromatic N) is 1. The number of ether oxygens (including phenoxy) is 2. The van der Waals surface area contributed by atoms with Gasteiger partial charge in [0.1, 0.15) is 22.6 Å². The number of rotatable bonds is 4. The predicted octanol–water partition coefficient (Wildman–Crippen LogP) is 2.68. The number of aromatic nitrogens is 1. The van der Waals surface area contributed by atoms with E-state index in [0.717, 1.165) is 0 Å². The number of alkyl carbamates (subject to hydrolysis) is 1. The molecule has 1 unspecified atom stereocenters. The van der Waals surface area contributed by atoms with Crippen molar-refractivity contribution in [2.45, 2.75) is 38.8 Å². The number of hydrogen-bond acceptors (Lipinski definition) is 5. The third kappa shape index (κ3) is 4.60. The summed E-state index contributed by atoms with van der Waals surface area (Å²) in [5.74, 6) is 0.160. The fourth-order valence-corrected chi connectivity index (χ4v) is 1.78. The van der Waals surface area contributed by atoms with E-state index in [2.05, 4.69) is 10.3 Å². The standard InChI is InChI=1S/C14H19ClN2O4/c1-13(2,3)21-12(19)17-14(4,8-18)9-6-7-10(15)16-11(9)20-5/h6-8H,1-5H3,(H,17,19). The van der Waals surface area contributed by atoms with Crippen LogP contribution in [0.2, 0.25) is 5.15 Å². The van der Waals surface area contributed by atoms with Gasteiger partial charge in [-0.25, -0.2) is 9.78 Å². The number of methoxy groups -OCH3 is 1. The average molecular weight is 315 g/mol. The average Bonchev–Trinajstić information content (AvgIpc) is 2.35. The number of amides is 1. The quantitative estimate of drug-likeness (QED) is 0.683. The van der Waals surface area contributed by atoms with Crippen molar-refractivity contribution in [2.24, 2.45) is 0 Å². The van der Waals surface area contributed by atoms with Crippen molar-refractivity contribution < 1.29 is 19.1 Å². The van der Waals surface area contributed by atoms with Crippen LogP contribution in [0.3, 0.4) is 0 Å². The van der Waals surface area contributed by atoms with Gasteiger partial charge in [-0.3, -0.25) is 0 Å². The molecule has 0 radical (unpaired) electrons. The van der Waals surface area contributed by atoms with Crippen molar-refractivity contribution in [1.82, 2.24) is 10.3 Å². The molecule has 0 aliphatic carbocycles.